The summed E-state index contributed by atoms with van der Waals surface area (Å²) in [4.78, 5) is 23.6. The maximum atomic E-state index is 13.1. The van der Waals surface area contributed by atoms with Crippen LogP contribution in [-0.4, -0.2) is 40.5 Å². The molecular formula is C23H26N4O3. The number of nitrogens with two attached hydrogens (primary N) is 1. The molecule has 30 heavy (non-hydrogen) atoms. The summed E-state index contributed by atoms with van der Waals surface area (Å²) in [5.74, 6) is 0.389. The highest BCUT2D eigenvalue weighted by atomic mass is 16.5. The van der Waals surface area contributed by atoms with E-state index in [2.05, 4.69) is 23.0 Å². The van der Waals surface area contributed by atoms with Crippen LogP contribution < -0.4 is 5.73 Å². The van der Waals surface area contributed by atoms with Crippen LogP contribution in [0.3, 0.4) is 0 Å². The highest BCUT2D eigenvalue weighted by molar-refractivity contribution is 5.90. The SMILES string of the molecule is Cc1cc(C)c2c(CC(=O)N3CCC4(CC3)OCCc3cnc(N)nc34)coc2c1. The molecule has 1 amide bonds. The van der Waals surface area contributed by atoms with Crippen LogP contribution in [0.15, 0.2) is 29.0 Å². The second-order valence-corrected chi connectivity index (χ2v) is 8.47. The summed E-state index contributed by atoms with van der Waals surface area (Å²) in [5, 5.41) is 1.05. The van der Waals surface area contributed by atoms with Crippen molar-refractivity contribution in [1.29, 1.82) is 0 Å². The lowest BCUT2D eigenvalue weighted by Gasteiger charge is -2.44. The molecule has 0 aliphatic carbocycles. The van der Waals surface area contributed by atoms with E-state index in [0.717, 1.165) is 45.3 Å². The van der Waals surface area contributed by atoms with Crippen molar-refractivity contribution >= 4 is 22.8 Å². The molecule has 0 bridgehead atoms. The number of rotatable bonds is 2. The highest BCUT2D eigenvalue weighted by Crippen LogP contribution is 2.40. The lowest BCUT2D eigenvalue weighted by Crippen LogP contribution is -2.49. The second-order valence-electron chi connectivity index (χ2n) is 8.47. The summed E-state index contributed by atoms with van der Waals surface area (Å²) < 4.78 is 11.9. The van der Waals surface area contributed by atoms with E-state index in [1.54, 1.807) is 6.26 Å². The maximum absolute atomic E-state index is 13.1. The molecule has 1 fully saturated rings. The van der Waals surface area contributed by atoms with Crippen molar-refractivity contribution in [3.63, 3.8) is 0 Å². The Kier molecular flexibility index (Phi) is 4.50. The van der Waals surface area contributed by atoms with Crippen molar-refractivity contribution in [3.05, 3.63) is 52.5 Å². The number of nitrogen functional groups attached to an aromatic ring is 1. The standard InChI is InChI=1S/C23H26N4O3/c1-14-9-15(2)20-17(13-29-18(20)10-14)11-19(28)27-6-4-23(5-7-27)21-16(3-8-30-23)12-25-22(24)26-21/h9-10,12-13H,3-8,11H2,1-2H3,(H2,24,25,26). The van der Waals surface area contributed by atoms with Gasteiger partial charge in [-0.2, -0.15) is 0 Å². The van der Waals surface area contributed by atoms with Gasteiger partial charge in [-0.25, -0.2) is 9.97 Å². The van der Waals surface area contributed by atoms with Crippen molar-refractivity contribution in [2.45, 2.75) is 45.1 Å². The van der Waals surface area contributed by atoms with Crippen LogP contribution in [0.2, 0.25) is 0 Å². The number of anilines is 1. The van der Waals surface area contributed by atoms with E-state index in [9.17, 15) is 4.79 Å². The summed E-state index contributed by atoms with van der Waals surface area (Å²) >= 11 is 0. The van der Waals surface area contributed by atoms with Crippen molar-refractivity contribution < 1.29 is 13.9 Å². The number of likely N-dealkylation sites (tertiary alicyclic amines) is 1. The van der Waals surface area contributed by atoms with E-state index in [1.165, 1.54) is 0 Å². The smallest absolute Gasteiger partial charge is 0.227 e. The molecule has 2 N–H and O–H groups in total. The Morgan fingerprint density at radius 2 is 2.07 bits per heavy atom. The summed E-state index contributed by atoms with van der Waals surface area (Å²) in [6.45, 7) is 6.03. The summed E-state index contributed by atoms with van der Waals surface area (Å²) in [5.41, 5.74) is 11.5. The van der Waals surface area contributed by atoms with Crippen molar-refractivity contribution in [3.8, 4) is 0 Å². The Hall–Kier alpha value is -2.93. The number of aromatic nitrogens is 2. The number of aryl methyl sites for hydroxylation is 2. The van der Waals surface area contributed by atoms with E-state index >= 15 is 0 Å². The zero-order valence-corrected chi connectivity index (χ0v) is 17.4. The molecule has 2 aliphatic heterocycles. The molecule has 0 atom stereocenters. The predicted molar refractivity (Wildman–Crippen MR) is 113 cm³/mol. The molecule has 0 radical (unpaired) electrons. The normalized spacial score (nSPS) is 18.0. The number of hydrogen-bond acceptors (Lipinski definition) is 6. The zero-order valence-electron chi connectivity index (χ0n) is 17.4. The Morgan fingerprint density at radius 3 is 2.87 bits per heavy atom. The van der Waals surface area contributed by atoms with Gasteiger partial charge in [-0.1, -0.05) is 6.07 Å². The van der Waals surface area contributed by atoms with Crippen molar-refractivity contribution in [1.82, 2.24) is 14.9 Å². The summed E-state index contributed by atoms with van der Waals surface area (Å²) in [6, 6.07) is 4.15. The highest BCUT2D eigenvalue weighted by Gasteiger charge is 2.43. The molecule has 3 aromatic rings. The fourth-order valence-corrected chi connectivity index (χ4v) is 4.95. The molecule has 1 aromatic carbocycles. The van der Waals surface area contributed by atoms with Crippen molar-refractivity contribution in [2.75, 3.05) is 25.4 Å². The van der Waals surface area contributed by atoms with E-state index in [1.807, 2.05) is 24.1 Å². The van der Waals surface area contributed by atoms with Gasteiger partial charge in [0.05, 0.1) is 25.0 Å². The number of nitrogens with zero attached hydrogens (tertiary/aromatic N) is 3. The molecule has 5 rings (SSSR count). The number of amides is 1. The maximum Gasteiger partial charge on any atom is 0.227 e. The van der Waals surface area contributed by atoms with Gasteiger partial charge in [0, 0.05) is 30.2 Å². The van der Waals surface area contributed by atoms with E-state index in [4.69, 9.17) is 14.9 Å². The van der Waals surface area contributed by atoms with E-state index in [-0.39, 0.29) is 11.9 Å². The third-order valence-corrected chi connectivity index (χ3v) is 6.42. The number of ether oxygens (including phenoxy) is 1. The van der Waals surface area contributed by atoms with Gasteiger partial charge in [-0.05, 0) is 55.9 Å². The van der Waals surface area contributed by atoms with E-state index < -0.39 is 5.60 Å². The first kappa shape index (κ1) is 19.1. The van der Waals surface area contributed by atoms with Crippen LogP contribution in [0.25, 0.3) is 11.0 Å². The molecule has 0 saturated carbocycles. The van der Waals surface area contributed by atoms with Crippen LogP contribution in [0.1, 0.15) is 40.8 Å². The molecule has 1 spiro atoms. The minimum absolute atomic E-state index is 0.116. The Labute approximate surface area is 175 Å². The molecular weight excluding hydrogens is 380 g/mol. The number of furan rings is 1. The number of piperidine rings is 1. The predicted octanol–water partition coefficient (Wildman–Crippen LogP) is 3.05. The molecule has 2 aliphatic rings. The van der Waals surface area contributed by atoms with Gasteiger partial charge in [-0.15, -0.1) is 0 Å². The molecule has 0 unspecified atom stereocenters. The average Bonchev–Trinajstić information content (AvgIpc) is 3.12. The van der Waals surface area contributed by atoms with Crippen LogP contribution in [0.4, 0.5) is 5.95 Å². The van der Waals surface area contributed by atoms with Gasteiger partial charge in [0.2, 0.25) is 11.9 Å². The Balaban J connectivity index is 1.32. The van der Waals surface area contributed by atoms with Gasteiger partial charge in [-0.3, -0.25) is 4.79 Å². The number of hydrogen-bond donors (Lipinski definition) is 1. The van der Waals surface area contributed by atoms with Crippen LogP contribution >= 0.6 is 0 Å². The lowest BCUT2D eigenvalue weighted by atomic mass is 9.83. The number of carbonyl (C=O) groups is 1. The monoisotopic (exact) mass is 406 g/mol. The molecule has 1 saturated heterocycles. The van der Waals surface area contributed by atoms with Crippen LogP contribution in [0.5, 0.6) is 0 Å². The fraction of sp³-hybridized carbons (Fsp3) is 0.435. The van der Waals surface area contributed by atoms with Crippen molar-refractivity contribution in [2.24, 2.45) is 0 Å². The van der Waals surface area contributed by atoms with Gasteiger partial charge in [0.25, 0.3) is 0 Å². The van der Waals surface area contributed by atoms with Gasteiger partial charge >= 0.3 is 0 Å². The first-order chi connectivity index (χ1) is 14.4. The fourth-order valence-electron chi connectivity index (χ4n) is 4.95. The first-order valence-corrected chi connectivity index (χ1v) is 10.5. The van der Waals surface area contributed by atoms with Gasteiger partial charge in [0.1, 0.15) is 11.2 Å². The Morgan fingerprint density at radius 1 is 1.27 bits per heavy atom. The Bertz CT molecular complexity index is 1130. The molecule has 7 heteroatoms. The number of carbonyl (C=O) groups excluding carboxylic acids is 1. The topological polar surface area (TPSA) is 94.5 Å². The first-order valence-electron chi connectivity index (χ1n) is 10.5. The quantitative estimate of drug-likeness (QED) is 0.703. The van der Waals surface area contributed by atoms with E-state index in [0.29, 0.717) is 39.0 Å². The average molecular weight is 406 g/mol. The zero-order chi connectivity index (χ0) is 20.9. The van der Waals surface area contributed by atoms with Gasteiger partial charge in [0.15, 0.2) is 0 Å². The molecule has 156 valence electrons. The van der Waals surface area contributed by atoms with Crippen LogP contribution in [0, 0.1) is 13.8 Å². The molecule has 4 heterocycles. The largest absolute Gasteiger partial charge is 0.464 e. The molecule has 2 aromatic heterocycles. The summed E-state index contributed by atoms with van der Waals surface area (Å²) in [7, 11) is 0. The minimum atomic E-state index is -0.460. The lowest BCUT2D eigenvalue weighted by molar-refractivity contribution is -0.140. The third kappa shape index (κ3) is 3.13. The van der Waals surface area contributed by atoms with Gasteiger partial charge < -0.3 is 19.8 Å². The number of benzene rings is 1. The van der Waals surface area contributed by atoms with Crippen LogP contribution in [-0.2, 0) is 28.0 Å². The number of fused-ring (bicyclic) bond motifs is 3. The molecule has 7 nitrogen and oxygen atoms in total. The third-order valence-electron chi connectivity index (χ3n) is 6.42. The second kappa shape index (κ2) is 7.09. The minimum Gasteiger partial charge on any atom is -0.464 e. The summed E-state index contributed by atoms with van der Waals surface area (Å²) in [6.07, 6.45) is 6.11.